The summed E-state index contributed by atoms with van der Waals surface area (Å²) in [6, 6.07) is 10.1. The van der Waals surface area contributed by atoms with Crippen molar-refractivity contribution in [3.05, 3.63) is 95.6 Å². The van der Waals surface area contributed by atoms with E-state index in [9.17, 15) is 35.9 Å². The first kappa shape index (κ1) is 30.4. The molecule has 2 atom stereocenters. The molecule has 0 saturated carbocycles. The molecule has 0 aliphatic rings. The Morgan fingerprint density at radius 2 is 1.36 bits per heavy atom. The summed E-state index contributed by atoms with van der Waals surface area (Å²) in [5, 5.41) is 15.6. The minimum atomic E-state index is -4.92. The molecular formula is C24H23F6NO5. The van der Waals surface area contributed by atoms with Gasteiger partial charge in [-0.15, -0.1) is 6.58 Å². The van der Waals surface area contributed by atoms with Gasteiger partial charge in [0.15, 0.2) is 0 Å². The zero-order chi connectivity index (χ0) is 27.7. The second-order valence-electron chi connectivity index (χ2n) is 7.41. The van der Waals surface area contributed by atoms with E-state index in [2.05, 4.69) is 6.58 Å². The van der Waals surface area contributed by atoms with Crippen molar-refractivity contribution in [2.45, 2.75) is 30.9 Å². The fourth-order valence-corrected chi connectivity index (χ4v) is 2.72. The average molecular weight is 519 g/mol. The summed E-state index contributed by atoms with van der Waals surface area (Å²) < 4.78 is 83.6. The summed E-state index contributed by atoms with van der Waals surface area (Å²) in [7, 11) is 0. The largest absolute Gasteiger partial charge is 0.478 e. The van der Waals surface area contributed by atoms with Crippen LogP contribution in [0.25, 0.3) is 0 Å². The van der Waals surface area contributed by atoms with Crippen molar-refractivity contribution >= 4 is 11.9 Å². The first-order valence-electron chi connectivity index (χ1n) is 10.0. The third-order valence-electron chi connectivity index (χ3n) is 4.70. The van der Waals surface area contributed by atoms with Crippen LogP contribution in [0.3, 0.4) is 0 Å². The Hall–Kier alpha value is -3.64. The van der Waals surface area contributed by atoms with E-state index in [1.54, 1.807) is 30.3 Å². The summed E-state index contributed by atoms with van der Waals surface area (Å²) in [4.78, 5) is 19.1. The molecule has 0 saturated heterocycles. The van der Waals surface area contributed by atoms with Crippen LogP contribution in [0.15, 0.2) is 73.3 Å². The van der Waals surface area contributed by atoms with E-state index < -0.39 is 47.1 Å². The normalized spacial score (nSPS) is 14.3. The van der Waals surface area contributed by atoms with Gasteiger partial charge in [-0.05, 0) is 36.2 Å². The van der Waals surface area contributed by atoms with Gasteiger partial charge < -0.3 is 20.7 Å². The van der Waals surface area contributed by atoms with Gasteiger partial charge >= 0.3 is 24.3 Å². The lowest BCUT2D eigenvalue weighted by Gasteiger charge is -2.28. The zero-order valence-electron chi connectivity index (χ0n) is 18.8. The second-order valence-corrected chi connectivity index (χ2v) is 7.41. The van der Waals surface area contributed by atoms with E-state index in [-0.39, 0.29) is 18.2 Å². The molecular weight excluding hydrogens is 496 g/mol. The van der Waals surface area contributed by atoms with Crippen molar-refractivity contribution in [2.24, 2.45) is 5.73 Å². The number of ether oxygens (including phenoxy) is 1. The monoisotopic (exact) mass is 519 g/mol. The molecule has 0 bridgehead atoms. The number of benzene rings is 2. The van der Waals surface area contributed by atoms with E-state index in [1.165, 1.54) is 13.0 Å². The van der Waals surface area contributed by atoms with E-state index in [4.69, 9.17) is 20.7 Å². The number of carboxylic acid groups (broad SMARTS) is 2. The van der Waals surface area contributed by atoms with Gasteiger partial charge in [0.05, 0.1) is 29.4 Å². The number of nitrogens with two attached hydrogens (primary N) is 1. The van der Waals surface area contributed by atoms with Crippen molar-refractivity contribution < 1.29 is 50.9 Å². The van der Waals surface area contributed by atoms with Gasteiger partial charge in [0, 0.05) is 12.2 Å². The fourth-order valence-electron chi connectivity index (χ4n) is 2.72. The predicted octanol–water partition coefficient (Wildman–Crippen LogP) is 5.55. The number of hydrogen-bond acceptors (Lipinski definition) is 4. The molecule has 0 amide bonds. The Kier molecular flexibility index (Phi) is 10.4. The molecule has 36 heavy (non-hydrogen) atoms. The Morgan fingerprint density at radius 3 is 1.72 bits per heavy atom. The summed E-state index contributed by atoms with van der Waals surface area (Å²) in [6.07, 6.45) is -8.36. The van der Waals surface area contributed by atoms with Gasteiger partial charge in [0.2, 0.25) is 0 Å². The SMILES string of the molecule is C=C[C@@](N)(CO[C@H](C)c1cc(C(F)(F)F)cc(C(F)(F)F)c1)c1ccccc1.O=C(O)C=CC(=O)O. The molecule has 0 unspecified atom stereocenters. The third-order valence-corrected chi connectivity index (χ3v) is 4.70. The standard InChI is InChI=1S/C20H19F6NO.C4H4O4/c1-3-18(27,15-7-5-4-6-8-15)12-28-13(2)14-9-16(19(21,22)23)11-17(10-14)20(24,25)26;5-3(6)1-2-4(7)8/h3-11,13H,1,12,27H2,2H3;1-2H,(H,5,6)(H,7,8)/t13-,18-;/m1./s1. The van der Waals surface area contributed by atoms with Crippen LogP contribution < -0.4 is 5.73 Å². The van der Waals surface area contributed by atoms with Crippen molar-refractivity contribution in [1.29, 1.82) is 0 Å². The highest BCUT2D eigenvalue weighted by Crippen LogP contribution is 2.38. The molecule has 0 radical (unpaired) electrons. The Bertz CT molecular complexity index is 1030. The highest BCUT2D eigenvalue weighted by atomic mass is 19.4. The number of carboxylic acids is 2. The molecule has 2 rings (SSSR count). The highest BCUT2D eigenvalue weighted by molar-refractivity contribution is 5.89. The van der Waals surface area contributed by atoms with E-state index in [0.717, 1.165) is 0 Å². The minimum Gasteiger partial charge on any atom is -0.478 e. The molecule has 196 valence electrons. The quantitative estimate of drug-likeness (QED) is 0.240. The molecule has 0 heterocycles. The van der Waals surface area contributed by atoms with Crippen LogP contribution in [-0.2, 0) is 32.2 Å². The van der Waals surface area contributed by atoms with Gasteiger partial charge in [-0.3, -0.25) is 0 Å². The van der Waals surface area contributed by atoms with Crippen LogP contribution >= 0.6 is 0 Å². The molecule has 6 nitrogen and oxygen atoms in total. The maximum absolute atomic E-state index is 13.0. The molecule has 0 aliphatic carbocycles. The smallest absolute Gasteiger partial charge is 0.416 e. The van der Waals surface area contributed by atoms with E-state index in [1.807, 2.05) is 0 Å². The number of halogens is 6. The molecule has 4 N–H and O–H groups in total. The van der Waals surface area contributed by atoms with E-state index >= 15 is 0 Å². The van der Waals surface area contributed by atoms with Gasteiger partial charge in [-0.2, -0.15) is 26.3 Å². The lowest BCUT2D eigenvalue weighted by molar-refractivity contribution is -0.143. The van der Waals surface area contributed by atoms with Gasteiger partial charge in [-0.25, -0.2) is 9.59 Å². The summed E-state index contributed by atoms with van der Waals surface area (Å²) >= 11 is 0. The first-order chi connectivity index (χ1) is 16.5. The zero-order valence-corrected chi connectivity index (χ0v) is 18.8. The van der Waals surface area contributed by atoms with Crippen LogP contribution in [0.4, 0.5) is 26.3 Å². The highest BCUT2D eigenvalue weighted by Gasteiger charge is 2.37. The number of hydrogen-bond donors (Lipinski definition) is 3. The minimum absolute atomic E-state index is 0.0805. The van der Waals surface area contributed by atoms with Crippen LogP contribution in [-0.4, -0.2) is 28.8 Å². The van der Waals surface area contributed by atoms with Crippen LogP contribution in [0.5, 0.6) is 0 Å². The maximum atomic E-state index is 13.0. The number of alkyl halides is 6. The molecule has 0 aromatic heterocycles. The Morgan fingerprint density at radius 1 is 0.917 bits per heavy atom. The van der Waals surface area contributed by atoms with Crippen molar-refractivity contribution in [2.75, 3.05) is 6.61 Å². The van der Waals surface area contributed by atoms with Crippen molar-refractivity contribution in [1.82, 2.24) is 0 Å². The number of aliphatic carboxylic acids is 2. The predicted molar refractivity (Wildman–Crippen MR) is 118 cm³/mol. The number of carbonyl (C=O) groups is 2. The summed E-state index contributed by atoms with van der Waals surface area (Å²) in [5.41, 5.74) is 2.71. The molecule has 0 aliphatic heterocycles. The summed E-state index contributed by atoms with van der Waals surface area (Å²) in [5.74, 6) is -2.51. The molecule has 2 aromatic rings. The van der Waals surface area contributed by atoms with Gasteiger partial charge in [0.25, 0.3) is 0 Å². The third kappa shape index (κ3) is 9.55. The Balaban J connectivity index is 0.000000697. The fraction of sp³-hybridized carbons (Fsp3) is 0.250. The van der Waals surface area contributed by atoms with Gasteiger partial charge in [0.1, 0.15) is 0 Å². The lowest BCUT2D eigenvalue weighted by atomic mass is 9.92. The maximum Gasteiger partial charge on any atom is 0.416 e. The first-order valence-corrected chi connectivity index (χ1v) is 10.0. The average Bonchev–Trinajstić information content (AvgIpc) is 2.80. The lowest BCUT2D eigenvalue weighted by Crippen LogP contribution is -2.39. The summed E-state index contributed by atoms with van der Waals surface area (Å²) in [6.45, 7) is 4.83. The van der Waals surface area contributed by atoms with Gasteiger partial charge in [-0.1, -0.05) is 36.4 Å². The van der Waals surface area contributed by atoms with E-state index in [0.29, 0.717) is 29.8 Å². The number of rotatable bonds is 8. The van der Waals surface area contributed by atoms with Crippen molar-refractivity contribution in [3.63, 3.8) is 0 Å². The van der Waals surface area contributed by atoms with Crippen LogP contribution in [0, 0.1) is 0 Å². The Labute approximate surface area is 202 Å². The topological polar surface area (TPSA) is 110 Å². The van der Waals surface area contributed by atoms with Crippen LogP contribution in [0.1, 0.15) is 35.3 Å². The second kappa shape index (κ2) is 12.4. The molecule has 0 spiro atoms. The molecule has 12 heteroatoms. The molecule has 0 fully saturated rings. The van der Waals surface area contributed by atoms with Crippen molar-refractivity contribution in [3.8, 4) is 0 Å². The van der Waals surface area contributed by atoms with Crippen LogP contribution in [0.2, 0.25) is 0 Å². The molecule has 2 aromatic carbocycles.